The summed E-state index contributed by atoms with van der Waals surface area (Å²) in [5.41, 5.74) is 4.64. The van der Waals surface area contributed by atoms with Crippen LogP contribution in [0.2, 0.25) is 0 Å². The number of hydrogen-bond donors (Lipinski definition) is 1. The second kappa shape index (κ2) is 9.75. The molecule has 10 heteroatoms. The van der Waals surface area contributed by atoms with Crippen LogP contribution in [-0.2, 0) is 17.5 Å². The van der Waals surface area contributed by atoms with E-state index in [1.807, 2.05) is 60.8 Å². The molecule has 0 aliphatic carbocycles. The Bertz CT molecular complexity index is 1510. The molecule has 0 fully saturated rings. The van der Waals surface area contributed by atoms with Crippen LogP contribution in [0, 0.1) is 6.92 Å². The van der Waals surface area contributed by atoms with Crippen molar-refractivity contribution in [2.45, 2.75) is 32.6 Å². The zero-order valence-corrected chi connectivity index (χ0v) is 21.7. The predicted molar refractivity (Wildman–Crippen MR) is 140 cm³/mol. The van der Waals surface area contributed by atoms with Crippen LogP contribution < -0.4 is 0 Å². The SMILES string of the molecule is Cc1c[nH]c2nccc(-c3c(-c4ccc(C(F)(F)F)cc4)nn4c3C(C)N(C(=O)/C=C/CN(C)C)CC4)c12. The first-order valence-corrected chi connectivity index (χ1v) is 12.4. The average Bonchev–Trinajstić information content (AvgIpc) is 3.45. The minimum atomic E-state index is -4.43. The van der Waals surface area contributed by atoms with Crippen molar-refractivity contribution in [2.24, 2.45) is 0 Å². The van der Waals surface area contributed by atoms with Crippen LogP contribution in [-0.4, -0.2) is 62.6 Å². The van der Waals surface area contributed by atoms with Gasteiger partial charge in [-0.05, 0) is 57.3 Å². The van der Waals surface area contributed by atoms with Crippen molar-refractivity contribution in [3.63, 3.8) is 0 Å². The van der Waals surface area contributed by atoms with E-state index in [0.29, 0.717) is 36.5 Å². The summed E-state index contributed by atoms with van der Waals surface area (Å²) < 4.78 is 41.7. The van der Waals surface area contributed by atoms with E-state index in [1.54, 1.807) is 12.3 Å². The molecule has 0 bridgehead atoms. The second-order valence-corrected chi connectivity index (χ2v) is 9.83. The van der Waals surface area contributed by atoms with Gasteiger partial charge in [0.2, 0.25) is 5.91 Å². The number of alkyl halides is 3. The molecule has 1 aliphatic rings. The maximum Gasteiger partial charge on any atom is 0.416 e. The zero-order chi connectivity index (χ0) is 27.2. The Labute approximate surface area is 218 Å². The molecule has 1 atom stereocenters. The molecular weight excluding hydrogens is 493 g/mol. The summed E-state index contributed by atoms with van der Waals surface area (Å²) >= 11 is 0. The number of fused-ring (bicyclic) bond motifs is 2. The summed E-state index contributed by atoms with van der Waals surface area (Å²) in [6, 6.07) is 6.67. The number of carbonyl (C=O) groups excluding carboxylic acids is 1. The highest BCUT2D eigenvalue weighted by atomic mass is 19.4. The van der Waals surface area contributed by atoms with E-state index in [9.17, 15) is 18.0 Å². The van der Waals surface area contributed by atoms with Gasteiger partial charge in [0, 0.05) is 48.1 Å². The number of carbonyl (C=O) groups is 1. The van der Waals surface area contributed by atoms with E-state index < -0.39 is 11.7 Å². The molecule has 1 unspecified atom stereocenters. The molecule has 5 rings (SSSR count). The van der Waals surface area contributed by atoms with Crippen LogP contribution in [0.25, 0.3) is 33.4 Å². The fraction of sp³-hybridized carbons (Fsp3) is 0.321. The first-order valence-electron chi connectivity index (χ1n) is 12.4. The van der Waals surface area contributed by atoms with Crippen molar-refractivity contribution in [1.82, 2.24) is 29.5 Å². The van der Waals surface area contributed by atoms with Crippen molar-refractivity contribution >= 4 is 16.9 Å². The maximum absolute atomic E-state index is 13.3. The summed E-state index contributed by atoms with van der Waals surface area (Å²) in [6.07, 6.45) is 2.59. The van der Waals surface area contributed by atoms with Crippen molar-refractivity contribution < 1.29 is 18.0 Å². The lowest BCUT2D eigenvalue weighted by molar-refractivity contribution is -0.137. The highest BCUT2D eigenvalue weighted by molar-refractivity contribution is 6.00. The summed E-state index contributed by atoms with van der Waals surface area (Å²) in [7, 11) is 3.87. The molecule has 4 aromatic rings. The normalized spacial score (nSPS) is 16.1. The number of rotatable bonds is 5. The van der Waals surface area contributed by atoms with Gasteiger partial charge in [-0.25, -0.2) is 4.98 Å². The monoisotopic (exact) mass is 522 g/mol. The molecule has 1 amide bonds. The average molecular weight is 523 g/mol. The minimum Gasteiger partial charge on any atom is -0.346 e. The molecule has 7 nitrogen and oxygen atoms in total. The number of aromatic nitrogens is 4. The fourth-order valence-electron chi connectivity index (χ4n) is 5.09. The third-order valence-electron chi connectivity index (χ3n) is 6.95. The number of H-pyrrole nitrogens is 1. The number of halogens is 3. The minimum absolute atomic E-state index is 0.0912. The van der Waals surface area contributed by atoms with Gasteiger partial charge in [-0.2, -0.15) is 18.3 Å². The van der Waals surface area contributed by atoms with Crippen LogP contribution in [0.4, 0.5) is 13.2 Å². The fourth-order valence-corrected chi connectivity index (χ4v) is 5.09. The summed E-state index contributed by atoms with van der Waals surface area (Å²) in [5.74, 6) is -0.0912. The number of amides is 1. The van der Waals surface area contributed by atoms with E-state index in [1.165, 1.54) is 12.1 Å². The number of pyridine rings is 1. The standard InChI is InChI=1S/C28H29F3N6O/c1-17-16-33-27-23(17)21(11-12-32-27)24-25(19-7-9-20(10-8-19)28(29,30)31)34-37-15-14-36(18(2)26(24)37)22(38)6-5-13-35(3)4/h5-12,16,18H,13-15H2,1-4H3,(H,32,33)/b6-5+. The Hall–Kier alpha value is -3.92. The smallest absolute Gasteiger partial charge is 0.346 e. The highest BCUT2D eigenvalue weighted by Crippen LogP contribution is 2.44. The molecule has 4 heterocycles. The Morgan fingerprint density at radius 2 is 1.92 bits per heavy atom. The molecule has 3 aromatic heterocycles. The van der Waals surface area contributed by atoms with Crippen LogP contribution >= 0.6 is 0 Å². The molecule has 1 aromatic carbocycles. The van der Waals surface area contributed by atoms with E-state index in [4.69, 9.17) is 5.10 Å². The van der Waals surface area contributed by atoms with E-state index in [2.05, 4.69) is 9.97 Å². The number of aromatic amines is 1. The molecule has 1 aliphatic heterocycles. The second-order valence-electron chi connectivity index (χ2n) is 9.83. The third kappa shape index (κ3) is 4.60. The molecular formula is C28H29F3N6O. The number of nitrogens with one attached hydrogen (secondary N) is 1. The van der Waals surface area contributed by atoms with Gasteiger partial charge in [-0.15, -0.1) is 0 Å². The first-order chi connectivity index (χ1) is 18.1. The topological polar surface area (TPSA) is 70.0 Å². The van der Waals surface area contributed by atoms with Gasteiger partial charge in [-0.1, -0.05) is 18.2 Å². The van der Waals surface area contributed by atoms with Gasteiger partial charge in [0.1, 0.15) is 11.3 Å². The quantitative estimate of drug-likeness (QED) is 0.355. The van der Waals surface area contributed by atoms with Gasteiger partial charge in [0.05, 0.1) is 23.8 Å². The Kier molecular flexibility index (Phi) is 6.60. The van der Waals surface area contributed by atoms with Crippen LogP contribution in [0.15, 0.2) is 54.9 Å². The summed E-state index contributed by atoms with van der Waals surface area (Å²) in [4.78, 5) is 24.6. The number of benzene rings is 1. The van der Waals surface area contributed by atoms with Gasteiger partial charge in [0.15, 0.2) is 0 Å². The van der Waals surface area contributed by atoms with Crippen molar-refractivity contribution in [3.05, 3.63) is 71.7 Å². The van der Waals surface area contributed by atoms with Crippen LogP contribution in [0.1, 0.15) is 29.8 Å². The number of likely N-dealkylation sites (N-methyl/N-ethyl adjacent to an activating group) is 1. The zero-order valence-electron chi connectivity index (χ0n) is 21.7. The Morgan fingerprint density at radius 3 is 2.61 bits per heavy atom. The van der Waals surface area contributed by atoms with Crippen LogP contribution in [0.5, 0.6) is 0 Å². The predicted octanol–water partition coefficient (Wildman–Crippen LogP) is 5.44. The van der Waals surface area contributed by atoms with Gasteiger partial charge < -0.3 is 14.8 Å². The van der Waals surface area contributed by atoms with Gasteiger partial charge >= 0.3 is 6.18 Å². The van der Waals surface area contributed by atoms with Gasteiger partial charge in [-0.3, -0.25) is 9.48 Å². The highest BCUT2D eigenvalue weighted by Gasteiger charge is 2.35. The first kappa shape index (κ1) is 25.7. The molecule has 0 saturated carbocycles. The van der Waals surface area contributed by atoms with E-state index >= 15 is 0 Å². The van der Waals surface area contributed by atoms with Crippen molar-refractivity contribution in [2.75, 3.05) is 27.2 Å². The van der Waals surface area contributed by atoms with Crippen molar-refractivity contribution in [3.8, 4) is 22.4 Å². The molecule has 0 saturated heterocycles. The summed E-state index contributed by atoms with van der Waals surface area (Å²) in [6.45, 7) is 5.54. The van der Waals surface area contributed by atoms with E-state index in [-0.39, 0.29) is 11.9 Å². The lowest BCUT2D eigenvalue weighted by atomic mass is 9.93. The number of aryl methyl sites for hydroxylation is 1. The molecule has 198 valence electrons. The third-order valence-corrected chi connectivity index (χ3v) is 6.95. The van der Waals surface area contributed by atoms with Crippen molar-refractivity contribution in [1.29, 1.82) is 0 Å². The summed E-state index contributed by atoms with van der Waals surface area (Å²) in [5, 5.41) is 5.80. The van der Waals surface area contributed by atoms with Gasteiger partial charge in [0.25, 0.3) is 0 Å². The van der Waals surface area contributed by atoms with Crippen LogP contribution in [0.3, 0.4) is 0 Å². The molecule has 0 spiro atoms. The number of nitrogens with zero attached hydrogens (tertiary/aromatic N) is 5. The lowest BCUT2D eigenvalue weighted by Crippen LogP contribution is -2.40. The molecule has 38 heavy (non-hydrogen) atoms. The lowest BCUT2D eigenvalue weighted by Gasteiger charge is -2.34. The van der Waals surface area contributed by atoms with E-state index in [0.717, 1.165) is 39.9 Å². The Morgan fingerprint density at radius 1 is 1.18 bits per heavy atom. The molecule has 0 radical (unpaired) electrons. The molecule has 1 N–H and O–H groups in total. The maximum atomic E-state index is 13.3. The Balaban J connectivity index is 1.67. The largest absolute Gasteiger partial charge is 0.416 e. The number of hydrogen-bond acceptors (Lipinski definition) is 4.